The molecular formula is C29H44O2. The van der Waals surface area contributed by atoms with Crippen LogP contribution < -0.4 is 0 Å². The van der Waals surface area contributed by atoms with E-state index in [1.54, 1.807) is 0 Å². The summed E-state index contributed by atoms with van der Waals surface area (Å²) >= 11 is 0. The molecule has 2 N–H and O–H groups in total. The van der Waals surface area contributed by atoms with Crippen LogP contribution in [-0.2, 0) is 6.42 Å². The molecule has 0 saturated carbocycles. The normalized spacial score (nSPS) is 12.2. The minimum Gasteiger partial charge on any atom is -0.507 e. The maximum atomic E-state index is 10.5. The highest BCUT2D eigenvalue weighted by molar-refractivity contribution is 5.56. The number of benzene rings is 1. The van der Waals surface area contributed by atoms with Crippen molar-refractivity contribution in [2.24, 2.45) is 0 Å². The Labute approximate surface area is 191 Å². The molecular weight excluding hydrogens is 380 g/mol. The zero-order chi connectivity index (χ0) is 23.6. The lowest BCUT2D eigenvalue weighted by atomic mass is 9.93. The van der Waals surface area contributed by atoms with Crippen LogP contribution in [-0.4, -0.2) is 10.2 Å². The molecule has 2 nitrogen and oxygen atoms in total. The smallest absolute Gasteiger partial charge is 0.122 e. The highest BCUT2D eigenvalue weighted by Gasteiger charge is 2.16. The van der Waals surface area contributed by atoms with Crippen LogP contribution in [0.5, 0.6) is 11.5 Å². The first kappa shape index (κ1) is 26.8. The Morgan fingerprint density at radius 3 is 1.71 bits per heavy atom. The van der Waals surface area contributed by atoms with Gasteiger partial charge >= 0.3 is 0 Å². The van der Waals surface area contributed by atoms with E-state index < -0.39 is 0 Å². The molecule has 0 spiro atoms. The first-order valence-corrected chi connectivity index (χ1v) is 11.7. The lowest BCUT2D eigenvalue weighted by molar-refractivity contribution is 0.443. The van der Waals surface area contributed by atoms with Gasteiger partial charge in [0.15, 0.2) is 0 Å². The first-order valence-electron chi connectivity index (χ1n) is 11.7. The van der Waals surface area contributed by atoms with Crippen LogP contribution in [0.3, 0.4) is 0 Å². The second-order valence-corrected chi connectivity index (χ2v) is 9.30. The highest BCUT2D eigenvalue weighted by Crippen LogP contribution is 2.37. The van der Waals surface area contributed by atoms with E-state index in [1.165, 1.54) is 22.3 Å². The minimum atomic E-state index is 0.302. The minimum absolute atomic E-state index is 0.302. The molecule has 1 aromatic carbocycles. The molecule has 0 unspecified atom stereocenters. The van der Waals surface area contributed by atoms with E-state index in [4.69, 9.17) is 0 Å². The summed E-state index contributed by atoms with van der Waals surface area (Å²) in [5.74, 6) is 0.622. The van der Waals surface area contributed by atoms with Crippen LogP contribution in [0.4, 0.5) is 0 Å². The van der Waals surface area contributed by atoms with Gasteiger partial charge in [0, 0.05) is 5.56 Å². The fraction of sp³-hybridized carbons (Fsp3) is 0.517. The van der Waals surface area contributed by atoms with Crippen LogP contribution >= 0.6 is 0 Å². The second kappa shape index (κ2) is 13.2. The summed E-state index contributed by atoms with van der Waals surface area (Å²) in [4.78, 5) is 0. The van der Waals surface area contributed by atoms with Crippen molar-refractivity contribution in [1.82, 2.24) is 0 Å². The largest absolute Gasteiger partial charge is 0.507 e. The summed E-state index contributed by atoms with van der Waals surface area (Å²) < 4.78 is 0. The van der Waals surface area contributed by atoms with Crippen LogP contribution in [0, 0.1) is 20.8 Å². The SMILES string of the molecule is C=C(CC/C=C(\C)CC/C=C(\C)CCC=C(C)C)CCc1c(C)c(O)c(C)c(C)c1O. The van der Waals surface area contributed by atoms with E-state index in [1.807, 2.05) is 20.8 Å². The van der Waals surface area contributed by atoms with Gasteiger partial charge in [0.1, 0.15) is 11.5 Å². The van der Waals surface area contributed by atoms with Gasteiger partial charge in [0.2, 0.25) is 0 Å². The van der Waals surface area contributed by atoms with Crippen molar-refractivity contribution >= 4 is 0 Å². The number of hydrogen-bond donors (Lipinski definition) is 2. The molecule has 0 aromatic heterocycles. The van der Waals surface area contributed by atoms with Crippen molar-refractivity contribution in [3.63, 3.8) is 0 Å². The standard InChI is InChI=1S/C29H44O2/c1-20(2)12-9-13-21(3)14-10-15-22(4)16-11-17-23(5)18-19-27-26(8)28(30)24(6)25(7)29(27)31/h12,14,16,30-31H,5,9-11,13,15,17-19H2,1-4,6-8H3/b21-14+,22-16+. The van der Waals surface area contributed by atoms with Crippen LogP contribution in [0.1, 0.15) is 94.9 Å². The van der Waals surface area contributed by atoms with Crippen LogP contribution in [0.25, 0.3) is 0 Å². The number of allylic oxidation sites excluding steroid dienone is 7. The Morgan fingerprint density at radius 1 is 0.677 bits per heavy atom. The van der Waals surface area contributed by atoms with Gasteiger partial charge in [0.25, 0.3) is 0 Å². The molecule has 0 aliphatic heterocycles. The van der Waals surface area contributed by atoms with Crippen molar-refractivity contribution in [3.8, 4) is 11.5 Å². The van der Waals surface area contributed by atoms with Crippen molar-refractivity contribution in [1.29, 1.82) is 0 Å². The Kier molecular flexibility index (Phi) is 11.5. The third-order valence-corrected chi connectivity index (χ3v) is 6.21. The maximum absolute atomic E-state index is 10.5. The van der Waals surface area contributed by atoms with Crippen molar-refractivity contribution in [2.45, 2.75) is 99.8 Å². The van der Waals surface area contributed by atoms with Gasteiger partial charge in [-0.25, -0.2) is 0 Å². The molecule has 2 heteroatoms. The van der Waals surface area contributed by atoms with Crippen molar-refractivity contribution in [2.75, 3.05) is 0 Å². The van der Waals surface area contributed by atoms with Crippen LogP contribution in [0.15, 0.2) is 47.1 Å². The van der Waals surface area contributed by atoms with E-state index in [0.717, 1.165) is 67.2 Å². The maximum Gasteiger partial charge on any atom is 0.122 e. The van der Waals surface area contributed by atoms with E-state index >= 15 is 0 Å². The summed E-state index contributed by atoms with van der Waals surface area (Å²) in [5.41, 5.74) is 8.67. The summed E-state index contributed by atoms with van der Waals surface area (Å²) in [6, 6.07) is 0. The Morgan fingerprint density at radius 2 is 1.16 bits per heavy atom. The first-order chi connectivity index (χ1) is 14.5. The summed E-state index contributed by atoms with van der Waals surface area (Å²) in [5, 5.41) is 20.8. The molecule has 0 radical (unpaired) electrons. The van der Waals surface area contributed by atoms with Crippen molar-refractivity contribution < 1.29 is 10.2 Å². The molecule has 0 amide bonds. The third-order valence-electron chi connectivity index (χ3n) is 6.21. The summed E-state index contributed by atoms with van der Waals surface area (Å²) in [6.07, 6.45) is 15.1. The number of phenolic OH excluding ortho intramolecular Hbond substituents is 2. The molecule has 0 aliphatic carbocycles. The summed E-state index contributed by atoms with van der Waals surface area (Å²) in [7, 11) is 0. The quantitative estimate of drug-likeness (QED) is 0.260. The predicted molar refractivity (Wildman–Crippen MR) is 136 cm³/mol. The van der Waals surface area contributed by atoms with Gasteiger partial charge in [-0.3, -0.25) is 0 Å². The lowest BCUT2D eigenvalue weighted by Gasteiger charge is -2.16. The molecule has 0 heterocycles. The van der Waals surface area contributed by atoms with Gasteiger partial charge in [-0.15, -0.1) is 0 Å². The molecule has 31 heavy (non-hydrogen) atoms. The molecule has 1 rings (SSSR count). The van der Waals surface area contributed by atoms with E-state index in [0.29, 0.717) is 17.9 Å². The number of rotatable bonds is 12. The molecule has 172 valence electrons. The van der Waals surface area contributed by atoms with Gasteiger partial charge in [-0.1, -0.05) is 47.1 Å². The highest BCUT2D eigenvalue weighted by atomic mass is 16.3. The Hall–Kier alpha value is -2.22. The average Bonchev–Trinajstić information content (AvgIpc) is 2.70. The zero-order valence-corrected chi connectivity index (χ0v) is 21.0. The van der Waals surface area contributed by atoms with Gasteiger partial charge in [0.05, 0.1) is 0 Å². The summed E-state index contributed by atoms with van der Waals surface area (Å²) in [6.45, 7) is 18.6. The van der Waals surface area contributed by atoms with E-state index in [9.17, 15) is 10.2 Å². The Bertz CT molecular complexity index is 817. The lowest BCUT2D eigenvalue weighted by Crippen LogP contribution is -1.98. The van der Waals surface area contributed by atoms with Gasteiger partial charge in [-0.2, -0.15) is 0 Å². The Balaban J connectivity index is 2.43. The fourth-order valence-electron chi connectivity index (χ4n) is 3.78. The topological polar surface area (TPSA) is 40.5 Å². The predicted octanol–water partition coefficient (Wildman–Crippen LogP) is 8.71. The van der Waals surface area contributed by atoms with Crippen LogP contribution in [0.2, 0.25) is 0 Å². The van der Waals surface area contributed by atoms with E-state index in [2.05, 4.69) is 52.5 Å². The fourth-order valence-corrected chi connectivity index (χ4v) is 3.78. The van der Waals surface area contributed by atoms with E-state index in [-0.39, 0.29) is 0 Å². The molecule has 0 aliphatic rings. The molecule has 1 aromatic rings. The zero-order valence-electron chi connectivity index (χ0n) is 21.0. The molecule has 0 fully saturated rings. The average molecular weight is 425 g/mol. The van der Waals surface area contributed by atoms with Gasteiger partial charge in [-0.05, 0) is 117 Å². The molecule has 0 saturated heterocycles. The molecule has 0 bridgehead atoms. The molecule has 0 atom stereocenters. The number of aromatic hydroxyl groups is 2. The second-order valence-electron chi connectivity index (χ2n) is 9.30. The van der Waals surface area contributed by atoms with Gasteiger partial charge < -0.3 is 10.2 Å². The third kappa shape index (κ3) is 9.21. The monoisotopic (exact) mass is 424 g/mol. The van der Waals surface area contributed by atoms with Crippen molar-refractivity contribution in [3.05, 3.63) is 69.4 Å². The number of hydrogen-bond acceptors (Lipinski definition) is 2. The number of phenols is 2.